The minimum absolute atomic E-state index is 0.239. The SMILES string of the molecule is CCC(C)CN(CC)C(CN)c1cncc2ccccc12. The van der Waals surface area contributed by atoms with Gasteiger partial charge >= 0.3 is 0 Å². The van der Waals surface area contributed by atoms with Crippen LogP contribution in [0.5, 0.6) is 0 Å². The summed E-state index contributed by atoms with van der Waals surface area (Å²) in [5, 5.41) is 2.46. The Bertz CT molecular complexity index is 562. The van der Waals surface area contributed by atoms with Gasteiger partial charge in [0, 0.05) is 36.9 Å². The molecule has 1 aromatic carbocycles. The molecule has 114 valence electrons. The van der Waals surface area contributed by atoms with E-state index in [-0.39, 0.29) is 6.04 Å². The van der Waals surface area contributed by atoms with Crippen LogP contribution < -0.4 is 5.73 Å². The van der Waals surface area contributed by atoms with E-state index in [1.807, 2.05) is 12.4 Å². The largest absolute Gasteiger partial charge is 0.329 e. The second-order valence-electron chi connectivity index (χ2n) is 5.80. The Labute approximate surface area is 128 Å². The van der Waals surface area contributed by atoms with Crippen LogP contribution in [-0.4, -0.2) is 29.5 Å². The average molecular weight is 285 g/mol. The Balaban J connectivity index is 2.38. The molecule has 0 amide bonds. The van der Waals surface area contributed by atoms with Crippen molar-refractivity contribution in [1.29, 1.82) is 0 Å². The normalized spacial score (nSPS) is 14.5. The van der Waals surface area contributed by atoms with Gasteiger partial charge in [0.2, 0.25) is 0 Å². The molecule has 0 aliphatic heterocycles. The number of nitrogens with two attached hydrogens (primary N) is 1. The highest BCUT2D eigenvalue weighted by Gasteiger charge is 2.21. The van der Waals surface area contributed by atoms with Gasteiger partial charge in [0.05, 0.1) is 0 Å². The van der Waals surface area contributed by atoms with Crippen LogP contribution >= 0.6 is 0 Å². The van der Waals surface area contributed by atoms with Crippen molar-refractivity contribution >= 4 is 10.8 Å². The number of hydrogen-bond donors (Lipinski definition) is 1. The molecular weight excluding hydrogens is 258 g/mol. The van der Waals surface area contributed by atoms with Gasteiger partial charge < -0.3 is 5.73 Å². The van der Waals surface area contributed by atoms with Crippen molar-refractivity contribution in [3.05, 3.63) is 42.2 Å². The topological polar surface area (TPSA) is 42.1 Å². The van der Waals surface area contributed by atoms with Gasteiger partial charge in [-0.15, -0.1) is 0 Å². The summed E-state index contributed by atoms with van der Waals surface area (Å²) in [6.45, 7) is 9.48. The Morgan fingerprint density at radius 1 is 1.19 bits per heavy atom. The van der Waals surface area contributed by atoms with Gasteiger partial charge in [0.25, 0.3) is 0 Å². The fourth-order valence-electron chi connectivity index (χ4n) is 2.88. The van der Waals surface area contributed by atoms with Crippen LogP contribution in [0.25, 0.3) is 10.8 Å². The number of benzene rings is 1. The summed E-state index contributed by atoms with van der Waals surface area (Å²) in [5.74, 6) is 0.682. The predicted octanol–water partition coefficient (Wildman–Crippen LogP) is 3.60. The van der Waals surface area contributed by atoms with Gasteiger partial charge in [-0.25, -0.2) is 0 Å². The lowest BCUT2D eigenvalue weighted by Gasteiger charge is -2.32. The lowest BCUT2D eigenvalue weighted by Crippen LogP contribution is -2.36. The highest BCUT2D eigenvalue weighted by molar-refractivity contribution is 5.85. The molecule has 0 bridgehead atoms. The van der Waals surface area contributed by atoms with Crippen molar-refractivity contribution in [2.75, 3.05) is 19.6 Å². The summed E-state index contributed by atoms with van der Waals surface area (Å²) in [6, 6.07) is 8.67. The molecule has 2 unspecified atom stereocenters. The molecule has 0 aliphatic carbocycles. The molecule has 0 fully saturated rings. The molecule has 1 aromatic heterocycles. The van der Waals surface area contributed by atoms with Gasteiger partial charge in [0.15, 0.2) is 0 Å². The van der Waals surface area contributed by atoms with E-state index in [2.05, 4.69) is 54.9 Å². The zero-order chi connectivity index (χ0) is 15.2. The Kier molecular flexibility index (Phi) is 5.71. The maximum Gasteiger partial charge on any atom is 0.0491 e. The molecule has 0 saturated heterocycles. The third kappa shape index (κ3) is 3.60. The van der Waals surface area contributed by atoms with Crippen LogP contribution in [0.1, 0.15) is 38.8 Å². The van der Waals surface area contributed by atoms with Crippen LogP contribution in [0.4, 0.5) is 0 Å². The van der Waals surface area contributed by atoms with E-state index < -0.39 is 0 Å². The van der Waals surface area contributed by atoms with Crippen LogP contribution in [0.15, 0.2) is 36.7 Å². The molecule has 1 heterocycles. The Morgan fingerprint density at radius 2 is 1.95 bits per heavy atom. The molecule has 2 aromatic rings. The summed E-state index contributed by atoms with van der Waals surface area (Å²) in [4.78, 5) is 6.90. The van der Waals surface area contributed by atoms with Gasteiger partial charge in [0.1, 0.15) is 0 Å². The van der Waals surface area contributed by atoms with Crippen molar-refractivity contribution in [2.45, 2.75) is 33.2 Å². The Morgan fingerprint density at radius 3 is 2.62 bits per heavy atom. The zero-order valence-electron chi connectivity index (χ0n) is 13.4. The van der Waals surface area contributed by atoms with Crippen LogP contribution in [0.2, 0.25) is 0 Å². The number of rotatable bonds is 7. The maximum absolute atomic E-state index is 6.12. The third-order valence-electron chi connectivity index (χ3n) is 4.37. The molecule has 2 atom stereocenters. The lowest BCUT2D eigenvalue weighted by molar-refractivity contribution is 0.183. The minimum Gasteiger partial charge on any atom is -0.329 e. The summed E-state index contributed by atoms with van der Waals surface area (Å²) >= 11 is 0. The fourth-order valence-corrected chi connectivity index (χ4v) is 2.88. The van der Waals surface area contributed by atoms with Crippen LogP contribution in [0, 0.1) is 5.92 Å². The first-order chi connectivity index (χ1) is 10.2. The van der Waals surface area contributed by atoms with Crippen molar-refractivity contribution in [3.8, 4) is 0 Å². The molecule has 0 spiro atoms. The molecule has 0 aliphatic rings. The van der Waals surface area contributed by atoms with Crippen molar-refractivity contribution in [3.63, 3.8) is 0 Å². The zero-order valence-corrected chi connectivity index (χ0v) is 13.4. The first-order valence-electron chi connectivity index (χ1n) is 7.97. The molecule has 3 heteroatoms. The fraction of sp³-hybridized carbons (Fsp3) is 0.500. The van der Waals surface area contributed by atoms with E-state index >= 15 is 0 Å². The number of hydrogen-bond acceptors (Lipinski definition) is 3. The monoisotopic (exact) mass is 285 g/mol. The third-order valence-corrected chi connectivity index (χ3v) is 4.37. The van der Waals surface area contributed by atoms with Gasteiger partial charge in [-0.05, 0) is 23.4 Å². The number of pyridine rings is 1. The van der Waals surface area contributed by atoms with E-state index in [9.17, 15) is 0 Å². The number of fused-ring (bicyclic) bond motifs is 1. The summed E-state index contributed by atoms with van der Waals surface area (Å²) < 4.78 is 0. The second kappa shape index (κ2) is 7.53. The molecule has 0 saturated carbocycles. The van der Waals surface area contributed by atoms with E-state index in [1.165, 1.54) is 22.8 Å². The number of nitrogens with zero attached hydrogens (tertiary/aromatic N) is 2. The molecular formula is C18H27N3. The summed E-state index contributed by atoms with van der Waals surface area (Å²) in [7, 11) is 0. The van der Waals surface area contributed by atoms with Crippen molar-refractivity contribution in [2.24, 2.45) is 11.7 Å². The summed E-state index contributed by atoms with van der Waals surface area (Å²) in [5.41, 5.74) is 7.37. The lowest BCUT2D eigenvalue weighted by atomic mass is 9.99. The molecule has 3 nitrogen and oxygen atoms in total. The highest BCUT2D eigenvalue weighted by Crippen LogP contribution is 2.27. The number of aromatic nitrogens is 1. The second-order valence-corrected chi connectivity index (χ2v) is 5.80. The first-order valence-corrected chi connectivity index (χ1v) is 7.97. The van der Waals surface area contributed by atoms with E-state index in [0.717, 1.165) is 13.1 Å². The standard InChI is InChI=1S/C18H27N3/c1-4-14(3)13-21(5-2)18(10-19)17-12-20-11-15-8-6-7-9-16(15)17/h6-9,11-12,14,18H,4-5,10,13,19H2,1-3H3. The molecule has 21 heavy (non-hydrogen) atoms. The summed E-state index contributed by atoms with van der Waals surface area (Å²) in [6.07, 6.45) is 5.11. The van der Waals surface area contributed by atoms with Gasteiger partial charge in [-0.2, -0.15) is 0 Å². The quantitative estimate of drug-likeness (QED) is 0.845. The predicted molar refractivity (Wildman–Crippen MR) is 90.2 cm³/mol. The van der Waals surface area contributed by atoms with E-state index in [0.29, 0.717) is 12.5 Å². The average Bonchev–Trinajstić information content (AvgIpc) is 2.54. The van der Waals surface area contributed by atoms with E-state index in [4.69, 9.17) is 5.73 Å². The molecule has 2 rings (SSSR count). The maximum atomic E-state index is 6.12. The van der Waals surface area contributed by atoms with Gasteiger partial charge in [-0.1, -0.05) is 51.5 Å². The molecule has 2 N–H and O–H groups in total. The smallest absolute Gasteiger partial charge is 0.0491 e. The highest BCUT2D eigenvalue weighted by atomic mass is 15.2. The van der Waals surface area contributed by atoms with E-state index in [1.54, 1.807) is 0 Å². The van der Waals surface area contributed by atoms with Crippen LogP contribution in [-0.2, 0) is 0 Å². The van der Waals surface area contributed by atoms with Gasteiger partial charge in [-0.3, -0.25) is 9.88 Å². The number of likely N-dealkylation sites (N-methyl/N-ethyl adjacent to an activating group) is 1. The minimum atomic E-state index is 0.239. The van der Waals surface area contributed by atoms with Crippen LogP contribution in [0.3, 0.4) is 0 Å². The van der Waals surface area contributed by atoms with Crippen molar-refractivity contribution in [1.82, 2.24) is 9.88 Å². The van der Waals surface area contributed by atoms with Crippen molar-refractivity contribution < 1.29 is 0 Å². The Hall–Kier alpha value is -1.45. The molecule has 0 radical (unpaired) electrons. The first kappa shape index (κ1) is 15.9.